The molecule has 0 fully saturated rings. The number of aliphatic imine (C=N–C) groups is 1. The smallest absolute Gasteiger partial charge is 0.363 e. The number of hydrogen-bond acceptors (Lipinski definition) is 5. The Bertz CT molecular complexity index is 925. The molecule has 0 spiro atoms. The Morgan fingerprint density at radius 2 is 1.84 bits per heavy atom. The van der Waals surface area contributed by atoms with E-state index in [0.29, 0.717) is 11.1 Å². The van der Waals surface area contributed by atoms with Crippen LogP contribution in [0.5, 0.6) is 0 Å². The predicted molar refractivity (Wildman–Crippen MR) is 94.0 cm³/mol. The molecule has 124 valence electrons. The molecule has 1 aliphatic rings. The molecule has 0 saturated carbocycles. The summed E-state index contributed by atoms with van der Waals surface area (Å²) < 4.78 is 5.17. The number of nitrogens with zero attached hydrogens (tertiary/aromatic N) is 2. The van der Waals surface area contributed by atoms with Crippen LogP contribution in [0.2, 0.25) is 0 Å². The molecule has 0 bridgehead atoms. The third kappa shape index (κ3) is 3.69. The summed E-state index contributed by atoms with van der Waals surface area (Å²) in [6.45, 7) is 1.96. The van der Waals surface area contributed by atoms with Crippen molar-refractivity contribution in [2.45, 2.75) is 6.92 Å². The van der Waals surface area contributed by atoms with Crippen molar-refractivity contribution in [2.75, 3.05) is 0 Å². The second-order valence-electron chi connectivity index (χ2n) is 5.40. The van der Waals surface area contributed by atoms with Crippen LogP contribution in [0.3, 0.4) is 0 Å². The number of cyclic esters (lactones) is 1. The number of ether oxygens (including phenoxy) is 1. The SMILES string of the molecule is Cc1ccc(C2=N/C(=C/C=C/c3ccccc3[N+](=O)[O-])C(=O)O2)cc1. The number of esters is 1. The molecule has 0 atom stereocenters. The fourth-order valence-electron chi connectivity index (χ4n) is 2.28. The Kier molecular flexibility index (Phi) is 4.52. The number of aryl methyl sites for hydroxylation is 1. The van der Waals surface area contributed by atoms with Crippen LogP contribution in [0.25, 0.3) is 6.08 Å². The summed E-state index contributed by atoms with van der Waals surface area (Å²) >= 11 is 0. The van der Waals surface area contributed by atoms with Gasteiger partial charge in [0.05, 0.1) is 10.5 Å². The van der Waals surface area contributed by atoms with Gasteiger partial charge >= 0.3 is 5.97 Å². The van der Waals surface area contributed by atoms with Gasteiger partial charge in [-0.3, -0.25) is 10.1 Å². The number of carbonyl (C=O) groups is 1. The normalized spacial score (nSPS) is 15.5. The second kappa shape index (κ2) is 6.92. The van der Waals surface area contributed by atoms with E-state index in [1.165, 1.54) is 12.1 Å². The standard InChI is InChI=1S/C19H14N2O4/c1-13-9-11-15(12-10-13)18-20-16(19(22)25-18)7-4-6-14-5-2-3-8-17(14)21(23)24/h2-12H,1H3/b6-4+,16-7+. The number of nitro groups is 1. The number of rotatable bonds is 4. The molecule has 1 heterocycles. The highest BCUT2D eigenvalue weighted by Crippen LogP contribution is 2.20. The van der Waals surface area contributed by atoms with E-state index in [1.807, 2.05) is 31.2 Å². The minimum Gasteiger partial charge on any atom is -0.402 e. The molecule has 25 heavy (non-hydrogen) atoms. The van der Waals surface area contributed by atoms with E-state index in [1.54, 1.807) is 30.4 Å². The van der Waals surface area contributed by atoms with Gasteiger partial charge < -0.3 is 4.74 Å². The van der Waals surface area contributed by atoms with Crippen LogP contribution < -0.4 is 0 Å². The molecule has 0 unspecified atom stereocenters. The monoisotopic (exact) mass is 334 g/mol. The number of benzene rings is 2. The summed E-state index contributed by atoms with van der Waals surface area (Å²) in [4.78, 5) is 26.6. The Morgan fingerprint density at radius 3 is 2.56 bits per heavy atom. The van der Waals surface area contributed by atoms with Gasteiger partial charge in [0.1, 0.15) is 0 Å². The van der Waals surface area contributed by atoms with Gasteiger partial charge in [0.25, 0.3) is 5.69 Å². The summed E-state index contributed by atoms with van der Waals surface area (Å²) in [5.41, 5.74) is 2.39. The van der Waals surface area contributed by atoms with Crippen molar-refractivity contribution < 1.29 is 14.5 Å². The van der Waals surface area contributed by atoms with E-state index in [2.05, 4.69) is 4.99 Å². The van der Waals surface area contributed by atoms with E-state index in [-0.39, 0.29) is 17.3 Å². The van der Waals surface area contributed by atoms with E-state index in [0.717, 1.165) is 5.56 Å². The van der Waals surface area contributed by atoms with Gasteiger partial charge in [-0.25, -0.2) is 9.79 Å². The summed E-state index contributed by atoms with van der Waals surface area (Å²) in [7, 11) is 0. The van der Waals surface area contributed by atoms with Gasteiger partial charge in [0.15, 0.2) is 5.70 Å². The zero-order valence-electron chi connectivity index (χ0n) is 13.4. The molecule has 1 aliphatic heterocycles. The largest absolute Gasteiger partial charge is 0.402 e. The highest BCUT2D eigenvalue weighted by atomic mass is 16.6. The Morgan fingerprint density at radius 1 is 1.12 bits per heavy atom. The maximum Gasteiger partial charge on any atom is 0.363 e. The fourth-order valence-corrected chi connectivity index (χ4v) is 2.28. The van der Waals surface area contributed by atoms with Crippen molar-refractivity contribution in [1.82, 2.24) is 0 Å². The van der Waals surface area contributed by atoms with E-state index < -0.39 is 10.9 Å². The van der Waals surface area contributed by atoms with Crippen molar-refractivity contribution in [2.24, 2.45) is 4.99 Å². The molecular weight excluding hydrogens is 320 g/mol. The molecule has 0 radical (unpaired) electrons. The average molecular weight is 334 g/mol. The number of nitro benzene ring substituents is 1. The van der Waals surface area contributed by atoms with Gasteiger partial charge in [0.2, 0.25) is 5.90 Å². The first-order chi connectivity index (χ1) is 12.0. The highest BCUT2D eigenvalue weighted by Gasteiger charge is 2.23. The molecule has 0 aliphatic carbocycles. The predicted octanol–water partition coefficient (Wildman–Crippen LogP) is 3.80. The van der Waals surface area contributed by atoms with Crippen molar-refractivity contribution in [1.29, 1.82) is 0 Å². The lowest BCUT2D eigenvalue weighted by Crippen LogP contribution is -2.05. The van der Waals surface area contributed by atoms with Gasteiger partial charge in [-0.05, 0) is 37.3 Å². The van der Waals surface area contributed by atoms with E-state index in [9.17, 15) is 14.9 Å². The van der Waals surface area contributed by atoms with Crippen LogP contribution in [0.1, 0.15) is 16.7 Å². The highest BCUT2D eigenvalue weighted by molar-refractivity contribution is 6.11. The van der Waals surface area contributed by atoms with Crippen LogP contribution in [0.4, 0.5) is 5.69 Å². The zero-order valence-corrected chi connectivity index (χ0v) is 13.4. The Balaban J connectivity index is 1.83. The lowest BCUT2D eigenvalue weighted by atomic mass is 10.1. The maximum atomic E-state index is 11.9. The molecular formula is C19H14N2O4. The molecule has 3 rings (SSSR count). The summed E-state index contributed by atoms with van der Waals surface area (Å²) in [5.74, 6) is -0.307. The number of para-hydroxylation sites is 1. The lowest BCUT2D eigenvalue weighted by molar-refractivity contribution is -0.385. The van der Waals surface area contributed by atoms with Crippen LogP contribution in [0, 0.1) is 17.0 Å². The van der Waals surface area contributed by atoms with Gasteiger partial charge in [-0.15, -0.1) is 0 Å². The fraction of sp³-hybridized carbons (Fsp3) is 0.0526. The van der Waals surface area contributed by atoms with Crippen LogP contribution in [0.15, 0.2) is 71.4 Å². The second-order valence-corrected chi connectivity index (χ2v) is 5.40. The van der Waals surface area contributed by atoms with Crippen LogP contribution in [-0.4, -0.2) is 16.8 Å². The molecule has 0 aromatic heterocycles. The van der Waals surface area contributed by atoms with E-state index in [4.69, 9.17) is 4.74 Å². The van der Waals surface area contributed by atoms with E-state index >= 15 is 0 Å². The number of carbonyl (C=O) groups excluding carboxylic acids is 1. The molecule has 6 nitrogen and oxygen atoms in total. The number of allylic oxidation sites excluding steroid dienone is 2. The van der Waals surface area contributed by atoms with Crippen LogP contribution >= 0.6 is 0 Å². The zero-order chi connectivity index (χ0) is 17.8. The topological polar surface area (TPSA) is 81.8 Å². The Labute approximate surface area is 143 Å². The molecule has 2 aromatic carbocycles. The molecule has 6 heteroatoms. The minimum absolute atomic E-state index is 0.00464. The van der Waals surface area contributed by atoms with Gasteiger partial charge in [0, 0.05) is 11.6 Å². The molecule has 0 amide bonds. The average Bonchev–Trinajstić information content (AvgIpc) is 2.97. The van der Waals surface area contributed by atoms with Crippen molar-refractivity contribution in [3.63, 3.8) is 0 Å². The summed E-state index contributed by atoms with van der Waals surface area (Å²) in [5, 5.41) is 11.0. The van der Waals surface area contributed by atoms with Crippen LogP contribution in [-0.2, 0) is 9.53 Å². The number of hydrogen-bond donors (Lipinski definition) is 0. The summed E-state index contributed by atoms with van der Waals surface area (Å²) in [6.07, 6.45) is 4.57. The third-order valence-corrected chi connectivity index (χ3v) is 3.58. The summed E-state index contributed by atoms with van der Waals surface area (Å²) in [6, 6.07) is 13.8. The van der Waals surface area contributed by atoms with Crippen molar-refractivity contribution >= 4 is 23.6 Å². The van der Waals surface area contributed by atoms with Crippen molar-refractivity contribution in [3.8, 4) is 0 Å². The third-order valence-electron chi connectivity index (χ3n) is 3.58. The molecule has 0 N–H and O–H groups in total. The maximum absolute atomic E-state index is 11.9. The first kappa shape index (κ1) is 16.3. The quantitative estimate of drug-likeness (QED) is 0.368. The first-order valence-electron chi connectivity index (χ1n) is 7.54. The first-order valence-corrected chi connectivity index (χ1v) is 7.54. The van der Waals surface area contributed by atoms with Gasteiger partial charge in [-0.1, -0.05) is 35.9 Å². The minimum atomic E-state index is -0.553. The molecule has 0 saturated heterocycles. The van der Waals surface area contributed by atoms with Gasteiger partial charge in [-0.2, -0.15) is 0 Å². The Hall–Kier alpha value is -3.54. The van der Waals surface area contributed by atoms with Crippen molar-refractivity contribution in [3.05, 3.63) is 93.2 Å². The lowest BCUT2D eigenvalue weighted by Gasteiger charge is -1.99. The molecule has 2 aromatic rings.